The number of rotatable bonds is 32. The van der Waals surface area contributed by atoms with Gasteiger partial charge in [-0.25, -0.2) is 0 Å². The highest BCUT2D eigenvalue weighted by atomic mass is 16.4. The van der Waals surface area contributed by atoms with Gasteiger partial charge in [0, 0.05) is 42.8 Å². The highest BCUT2D eigenvalue weighted by Gasteiger charge is 2.34. The summed E-state index contributed by atoms with van der Waals surface area (Å²) in [6, 6.07) is 20.1. The molecule has 10 amide bonds. The van der Waals surface area contributed by atoms with Crippen LogP contribution in [0.4, 0.5) is 0 Å². The molecular weight excluding hydrogens is 1050 g/mol. The van der Waals surface area contributed by atoms with E-state index in [1.807, 2.05) is 60.7 Å². The van der Waals surface area contributed by atoms with Crippen LogP contribution in [0.15, 0.2) is 103 Å². The summed E-state index contributed by atoms with van der Waals surface area (Å²) >= 11 is 0. The molecule has 17 N–H and O–H groups in total. The molecule has 0 fully saturated rings. The van der Waals surface area contributed by atoms with Crippen molar-refractivity contribution in [3.63, 3.8) is 0 Å². The number of nitrogens with one attached hydrogen (secondary N) is 10. The third-order valence-electron chi connectivity index (χ3n) is 12.9. The number of nitrogens with two attached hydrogens (primary N) is 3. The van der Waals surface area contributed by atoms with Crippen molar-refractivity contribution >= 4 is 86.7 Å². The van der Waals surface area contributed by atoms with Gasteiger partial charge < -0.3 is 75.1 Å². The van der Waals surface area contributed by atoms with Crippen molar-refractivity contribution in [2.24, 2.45) is 17.2 Å². The van der Waals surface area contributed by atoms with E-state index < -0.39 is 127 Å². The molecule has 81 heavy (non-hydrogen) atoms. The second kappa shape index (κ2) is 31.4. The average molecular weight is 1120 g/mol. The molecule has 25 nitrogen and oxygen atoms in total. The van der Waals surface area contributed by atoms with Gasteiger partial charge in [-0.3, -0.25) is 52.7 Å². The summed E-state index contributed by atoms with van der Waals surface area (Å²) < 4.78 is 0. The summed E-state index contributed by atoms with van der Waals surface area (Å²) in [6.45, 7) is 1.12. The molecule has 432 valence electrons. The Bertz CT molecular complexity index is 3040. The van der Waals surface area contributed by atoms with Gasteiger partial charge in [0.2, 0.25) is 59.1 Å². The molecule has 7 atom stereocenters. The van der Waals surface area contributed by atoms with Crippen molar-refractivity contribution in [1.82, 2.24) is 52.8 Å². The zero-order valence-electron chi connectivity index (χ0n) is 45.0. The van der Waals surface area contributed by atoms with Crippen LogP contribution in [-0.2, 0) is 72.0 Å². The smallest absolute Gasteiger partial charge is 0.322 e. The van der Waals surface area contributed by atoms with E-state index in [-0.39, 0.29) is 45.1 Å². The van der Waals surface area contributed by atoms with Gasteiger partial charge >= 0.3 is 5.97 Å². The predicted octanol–water partition coefficient (Wildman–Crippen LogP) is -1.55. The van der Waals surface area contributed by atoms with Crippen LogP contribution in [-0.4, -0.2) is 144 Å². The van der Waals surface area contributed by atoms with Crippen LogP contribution in [0.1, 0.15) is 62.6 Å². The van der Waals surface area contributed by atoms with E-state index in [4.69, 9.17) is 22.3 Å². The van der Waals surface area contributed by atoms with Crippen LogP contribution in [0.2, 0.25) is 0 Å². The molecular formula is C56H71N13O12. The topological polar surface area (TPSA) is 410 Å². The summed E-state index contributed by atoms with van der Waals surface area (Å²) in [5, 5.41) is 34.1. The number of aromatic nitrogens is 1. The van der Waals surface area contributed by atoms with Gasteiger partial charge in [-0.05, 0) is 79.6 Å². The van der Waals surface area contributed by atoms with Crippen molar-refractivity contribution in [1.29, 1.82) is 0 Å². The van der Waals surface area contributed by atoms with Gasteiger partial charge in [0.25, 0.3) is 0 Å². The van der Waals surface area contributed by atoms with Gasteiger partial charge in [-0.2, -0.15) is 0 Å². The molecule has 25 heteroatoms. The monoisotopic (exact) mass is 1120 g/mol. The molecule has 0 aliphatic heterocycles. The Balaban J connectivity index is 1.37. The fourth-order valence-electron chi connectivity index (χ4n) is 8.48. The van der Waals surface area contributed by atoms with Crippen LogP contribution < -0.4 is 65.1 Å². The Morgan fingerprint density at radius 2 is 1.05 bits per heavy atom. The maximum atomic E-state index is 14.8. The fraction of sp³-hybridized carbons (Fsp3) is 0.375. The second-order valence-electron chi connectivity index (χ2n) is 19.4. The molecule has 0 radical (unpaired) electrons. The molecule has 1 aromatic heterocycles. The lowest BCUT2D eigenvalue weighted by molar-refractivity contribution is -0.138. The van der Waals surface area contributed by atoms with Crippen molar-refractivity contribution in [2.45, 2.75) is 108 Å². The first-order chi connectivity index (χ1) is 38.7. The van der Waals surface area contributed by atoms with E-state index in [0.29, 0.717) is 24.0 Å². The van der Waals surface area contributed by atoms with Crippen LogP contribution in [0.5, 0.6) is 0 Å². The standard InChI is InChI=1S/C56H71N13O12/c1-32(58)50(75)67-44(26-35-19-20-36-14-6-7-15-37(36)24-35)54(79)64-33(2)51(76)68-45(27-38-28-60-40-17-9-8-16-39(38)40)56(81)69-43(25-34-12-4-3-5-13-34)55(80)65-41(18-10-11-23-57)53(78)66-42(21-22-46(59)70)52(77)63-30-48(72)61-29-47(71)62-31-49(73)74/h3-9,12-17,19-20,24,28,32-33,41-45,60H,10-11,18,21-23,25-27,29-31,57-58H2,1-2H3,(H2,59,70)(H,61,72)(H,62,71)(H,63,77)(H,64,79)(H,65,80)(H,66,78)(H,67,75)(H,68,76)(H,69,81)(H,73,74)/t32-,33+,41+,42+,43-,44-,45+/m1/s1. The Kier molecular flexibility index (Phi) is 24.3. The Morgan fingerprint density at radius 1 is 0.519 bits per heavy atom. The van der Waals surface area contributed by atoms with Gasteiger partial charge in [-0.1, -0.05) is 91.0 Å². The number of para-hydroxylation sites is 1. The molecule has 0 aliphatic carbocycles. The quantitative estimate of drug-likeness (QED) is 0.0217. The van der Waals surface area contributed by atoms with Crippen LogP contribution in [0.3, 0.4) is 0 Å². The maximum absolute atomic E-state index is 14.8. The third kappa shape index (κ3) is 20.5. The third-order valence-corrected chi connectivity index (χ3v) is 12.9. The van der Waals surface area contributed by atoms with Crippen LogP contribution >= 0.6 is 0 Å². The highest BCUT2D eigenvalue weighted by Crippen LogP contribution is 2.20. The molecule has 4 aromatic carbocycles. The Labute approximate surface area is 466 Å². The number of primary amides is 1. The number of carboxylic acid groups (broad SMARTS) is 1. The fourth-order valence-corrected chi connectivity index (χ4v) is 8.48. The van der Waals surface area contributed by atoms with E-state index in [9.17, 15) is 52.7 Å². The summed E-state index contributed by atoms with van der Waals surface area (Å²) in [4.78, 5) is 148. The van der Waals surface area contributed by atoms with Crippen LogP contribution in [0.25, 0.3) is 21.7 Å². The Hall–Kier alpha value is -9.23. The summed E-state index contributed by atoms with van der Waals surface area (Å²) in [7, 11) is 0. The second-order valence-corrected chi connectivity index (χ2v) is 19.4. The predicted molar refractivity (Wildman–Crippen MR) is 299 cm³/mol. The summed E-state index contributed by atoms with van der Waals surface area (Å²) in [6.07, 6.45) is 1.49. The molecule has 5 rings (SSSR count). The number of aromatic amines is 1. The molecule has 0 saturated carbocycles. The first kappa shape index (κ1) is 62.6. The molecule has 5 aromatic rings. The SMILES string of the molecule is C[C@H](NC(=O)[C@@H](Cc1ccc2ccccc2c1)NC(=O)[C@@H](C)N)C(=O)N[C@@H](Cc1c[nH]c2ccccc12)C(=O)N[C@H](Cc1ccccc1)C(=O)N[C@@H](CCCCN)C(=O)N[C@@H](CCC(N)=O)C(=O)NCC(=O)NCC(=O)NCC(=O)O. The largest absolute Gasteiger partial charge is 0.480 e. The zero-order valence-corrected chi connectivity index (χ0v) is 45.0. The summed E-state index contributed by atoms with van der Waals surface area (Å²) in [5.74, 6) is -9.35. The first-order valence-electron chi connectivity index (χ1n) is 26.4. The minimum atomic E-state index is -1.48. The zero-order chi connectivity index (χ0) is 59.0. The van der Waals surface area contributed by atoms with E-state index in [2.05, 4.69) is 52.8 Å². The number of unbranched alkanes of at least 4 members (excludes halogenated alkanes) is 1. The molecule has 0 aliphatic rings. The number of aliphatic carboxylic acids is 1. The molecule has 0 bridgehead atoms. The minimum Gasteiger partial charge on any atom is -0.480 e. The highest BCUT2D eigenvalue weighted by molar-refractivity contribution is 5.98. The lowest BCUT2D eigenvalue weighted by Gasteiger charge is -2.27. The van der Waals surface area contributed by atoms with E-state index in [1.54, 1.807) is 42.6 Å². The maximum Gasteiger partial charge on any atom is 0.322 e. The van der Waals surface area contributed by atoms with Gasteiger partial charge in [0.05, 0.1) is 19.1 Å². The lowest BCUT2D eigenvalue weighted by atomic mass is 10.0. The van der Waals surface area contributed by atoms with Crippen molar-refractivity contribution < 1.29 is 57.8 Å². The Morgan fingerprint density at radius 3 is 1.70 bits per heavy atom. The number of carbonyl (C=O) groups is 11. The lowest BCUT2D eigenvalue weighted by Crippen LogP contribution is -2.60. The number of benzene rings is 4. The van der Waals surface area contributed by atoms with Gasteiger partial charge in [0.1, 0.15) is 42.8 Å². The number of carboxylic acids is 1. The van der Waals surface area contributed by atoms with Crippen molar-refractivity contribution in [3.05, 3.63) is 120 Å². The van der Waals surface area contributed by atoms with E-state index in [0.717, 1.165) is 27.2 Å². The molecule has 0 unspecified atom stereocenters. The average Bonchev–Trinajstić information content (AvgIpc) is 4.06. The normalized spacial score (nSPS) is 13.6. The first-order valence-corrected chi connectivity index (χ1v) is 26.4. The number of carbonyl (C=O) groups excluding carboxylic acids is 10. The number of hydrogen-bond donors (Lipinski definition) is 14. The van der Waals surface area contributed by atoms with Gasteiger partial charge in [-0.15, -0.1) is 0 Å². The number of hydrogen-bond acceptors (Lipinski definition) is 13. The minimum absolute atomic E-state index is 0.0157. The number of amides is 10. The molecule has 0 spiro atoms. The molecule has 0 saturated heterocycles. The molecule has 1 heterocycles. The van der Waals surface area contributed by atoms with Crippen molar-refractivity contribution in [3.8, 4) is 0 Å². The van der Waals surface area contributed by atoms with E-state index in [1.165, 1.54) is 13.8 Å². The van der Waals surface area contributed by atoms with Gasteiger partial charge in [0.15, 0.2) is 0 Å². The summed E-state index contributed by atoms with van der Waals surface area (Å²) in [5.41, 5.74) is 19.7. The van der Waals surface area contributed by atoms with Crippen LogP contribution in [0, 0.1) is 0 Å². The number of fused-ring (bicyclic) bond motifs is 2. The van der Waals surface area contributed by atoms with E-state index >= 15 is 0 Å². The number of H-pyrrole nitrogens is 1. The van der Waals surface area contributed by atoms with Crippen molar-refractivity contribution in [2.75, 3.05) is 26.2 Å².